The molecule has 3 nitrogen and oxygen atoms in total. The lowest BCUT2D eigenvalue weighted by Crippen LogP contribution is -2.08. The molecule has 0 heterocycles. The van der Waals surface area contributed by atoms with Crippen LogP contribution in [0.15, 0.2) is 29.8 Å². The van der Waals surface area contributed by atoms with E-state index in [0.717, 1.165) is 6.07 Å². The number of methoxy groups -OCH3 is 1. The average Bonchev–Trinajstić information content (AvgIpc) is 2.38. The van der Waals surface area contributed by atoms with Crippen LogP contribution in [0, 0.1) is 0 Å². The highest BCUT2D eigenvalue weighted by molar-refractivity contribution is 6.31. The number of carbonyl (C=O) groups excluding carboxylic acids is 1. The van der Waals surface area contributed by atoms with Crippen LogP contribution in [0.3, 0.4) is 0 Å². The number of nitrogens with one attached hydrogen (secondary N) is 1. The van der Waals surface area contributed by atoms with Crippen LogP contribution < -0.4 is 5.32 Å². The summed E-state index contributed by atoms with van der Waals surface area (Å²) in [7, 11) is 1.25. The lowest BCUT2D eigenvalue weighted by molar-refractivity contribution is -0.137. The summed E-state index contributed by atoms with van der Waals surface area (Å²) < 4.78 is 42.4. The smallest absolute Gasteiger partial charge is 0.417 e. The Morgan fingerprint density at radius 2 is 2.10 bits per heavy atom. The molecule has 20 heavy (non-hydrogen) atoms. The quantitative estimate of drug-likeness (QED) is 0.677. The fraction of sp³-hybridized carbons (Fsp3) is 0.308. The number of hydrogen-bond acceptors (Lipinski definition) is 3. The van der Waals surface area contributed by atoms with Crippen molar-refractivity contribution < 1.29 is 22.7 Å². The van der Waals surface area contributed by atoms with E-state index < -0.39 is 17.7 Å². The molecule has 0 aliphatic rings. The normalized spacial score (nSPS) is 12.2. The predicted octanol–water partition coefficient (Wildman–Crippen LogP) is 3.89. The van der Waals surface area contributed by atoms with Crippen LogP contribution in [0.25, 0.3) is 0 Å². The van der Waals surface area contributed by atoms with Gasteiger partial charge in [-0.1, -0.05) is 17.7 Å². The summed E-state index contributed by atoms with van der Waals surface area (Å²) >= 11 is 5.50. The van der Waals surface area contributed by atoms with Crippen molar-refractivity contribution in [3.05, 3.63) is 40.4 Å². The lowest BCUT2D eigenvalue weighted by Gasteiger charge is -2.11. The van der Waals surface area contributed by atoms with Gasteiger partial charge in [0.2, 0.25) is 0 Å². The first-order valence-corrected chi connectivity index (χ1v) is 5.99. The van der Waals surface area contributed by atoms with Crippen molar-refractivity contribution in [3.63, 3.8) is 0 Å². The van der Waals surface area contributed by atoms with Crippen LogP contribution >= 0.6 is 11.6 Å². The Bertz CT molecular complexity index is 527. The molecule has 1 aromatic carbocycles. The van der Waals surface area contributed by atoms with E-state index in [0.29, 0.717) is 5.57 Å². The number of anilines is 1. The summed E-state index contributed by atoms with van der Waals surface area (Å²) in [5, 5.41) is 2.39. The van der Waals surface area contributed by atoms with Crippen LogP contribution in [0.4, 0.5) is 18.9 Å². The highest BCUT2D eigenvalue weighted by Crippen LogP contribution is 2.36. The average molecular weight is 308 g/mol. The van der Waals surface area contributed by atoms with E-state index in [1.807, 2.05) is 0 Å². The third-order valence-electron chi connectivity index (χ3n) is 2.49. The number of benzene rings is 1. The molecule has 0 aromatic heterocycles. The highest BCUT2D eigenvalue weighted by Gasteiger charge is 2.33. The Morgan fingerprint density at radius 3 is 2.65 bits per heavy atom. The number of hydrogen-bond donors (Lipinski definition) is 1. The van der Waals surface area contributed by atoms with E-state index in [1.54, 1.807) is 6.92 Å². The molecule has 0 spiro atoms. The molecule has 0 bridgehead atoms. The van der Waals surface area contributed by atoms with Gasteiger partial charge in [-0.2, -0.15) is 13.2 Å². The molecule has 0 amide bonds. The third kappa shape index (κ3) is 4.45. The molecule has 0 atom stereocenters. The Balaban J connectivity index is 2.78. The molecular weight excluding hydrogens is 295 g/mol. The number of carbonyl (C=O) groups is 1. The van der Waals surface area contributed by atoms with Crippen molar-refractivity contribution >= 4 is 23.3 Å². The van der Waals surface area contributed by atoms with Gasteiger partial charge in [-0.05, 0) is 25.1 Å². The summed E-state index contributed by atoms with van der Waals surface area (Å²) in [5.74, 6) is -0.487. The van der Waals surface area contributed by atoms with Gasteiger partial charge >= 0.3 is 12.1 Å². The molecule has 0 fully saturated rings. The largest absolute Gasteiger partial charge is 0.466 e. The van der Waals surface area contributed by atoms with E-state index in [-0.39, 0.29) is 17.3 Å². The summed E-state index contributed by atoms with van der Waals surface area (Å²) in [6.45, 7) is 1.75. The maximum atomic E-state index is 12.6. The molecule has 0 aliphatic carbocycles. The maximum absolute atomic E-state index is 12.6. The number of alkyl halides is 3. The minimum absolute atomic E-state index is 0.194. The molecule has 0 aliphatic heterocycles. The topological polar surface area (TPSA) is 38.3 Å². The summed E-state index contributed by atoms with van der Waals surface area (Å²) in [4.78, 5) is 11.1. The Hall–Kier alpha value is -1.69. The van der Waals surface area contributed by atoms with Gasteiger partial charge in [0.05, 0.1) is 17.7 Å². The van der Waals surface area contributed by atoms with Crippen LogP contribution in [-0.4, -0.2) is 19.6 Å². The molecule has 1 rings (SSSR count). The van der Waals surface area contributed by atoms with Crippen molar-refractivity contribution in [1.82, 2.24) is 0 Å². The molecule has 0 saturated carbocycles. The number of esters is 1. The number of halogens is 4. The second-order valence-electron chi connectivity index (χ2n) is 3.95. The molecular formula is C13H13ClF3NO2. The van der Waals surface area contributed by atoms with Crippen molar-refractivity contribution in [2.75, 3.05) is 19.0 Å². The van der Waals surface area contributed by atoms with E-state index in [9.17, 15) is 18.0 Å². The molecule has 7 heteroatoms. The summed E-state index contributed by atoms with van der Waals surface area (Å²) in [6, 6.07) is 3.52. The van der Waals surface area contributed by atoms with Crippen molar-refractivity contribution in [1.29, 1.82) is 0 Å². The van der Waals surface area contributed by atoms with E-state index in [4.69, 9.17) is 11.6 Å². The second-order valence-corrected chi connectivity index (χ2v) is 4.36. The summed E-state index contributed by atoms with van der Waals surface area (Å²) in [6.07, 6.45) is -2.99. The fourth-order valence-electron chi connectivity index (χ4n) is 1.42. The molecule has 1 aromatic rings. The molecule has 0 saturated heterocycles. The van der Waals surface area contributed by atoms with Crippen LogP contribution in [0.2, 0.25) is 5.02 Å². The molecule has 0 unspecified atom stereocenters. The zero-order valence-corrected chi connectivity index (χ0v) is 11.6. The second kappa shape index (κ2) is 6.65. The minimum atomic E-state index is -4.51. The predicted molar refractivity (Wildman–Crippen MR) is 70.7 cm³/mol. The highest BCUT2D eigenvalue weighted by atomic mass is 35.5. The molecule has 1 N–H and O–H groups in total. The van der Waals surface area contributed by atoms with Gasteiger partial charge in [-0.3, -0.25) is 0 Å². The van der Waals surface area contributed by atoms with Gasteiger partial charge in [0, 0.05) is 17.8 Å². The number of ether oxygens (including phenoxy) is 1. The van der Waals surface area contributed by atoms with Crippen molar-refractivity contribution in [2.45, 2.75) is 13.1 Å². The fourth-order valence-corrected chi connectivity index (χ4v) is 1.64. The first kappa shape index (κ1) is 16.4. The van der Waals surface area contributed by atoms with Crippen LogP contribution in [0.5, 0.6) is 0 Å². The monoisotopic (exact) mass is 307 g/mol. The third-order valence-corrected chi connectivity index (χ3v) is 2.82. The van der Waals surface area contributed by atoms with Gasteiger partial charge in [0.1, 0.15) is 0 Å². The Morgan fingerprint density at radius 1 is 1.45 bits per heavy atom. The van der Waals surface area contributed by atoms with Gasteiger partial charge < -0.3 is 10.1 Å². The van der Waals surface area contributed by atoms with Crippen molar-refractivity contribution in [3.8, 4) is 0 Å². The zero-order valence-electron chi connectivity index (χ0n) is 10.8. The SMILES string of the molecule is COC(=O)/C(C)=C/CNc1ccc(Cl)c(C(F)(F)F)c1. The minimum Gasteiger partial charge on any atom is -0.466 e. The standard InChI is InChI=1S/C13H13ClF3NO2/c1-8(12(19)20-2)5-6-18-9-3-4-11(14)10(7-9)13(15,16)17/h3-5,7,18H,6H2,1-2H3/b8-5+. The number of rotatable bonds is 4. The Labute approximate surface area is 119 Å². The van der Waals surface area contributed by atoms with Crippen LogP contribution in [0.1, 0.15) is 12.5 Å². The molecule has 0 radical (unpaired) electrons. The maximum Gasteiger partial charge on any atom is 0.417 e. The zero-order chi connectivity index (χ0) is 15.3. The van der Waals surface area contributed by atoms with E-state index in [1.165, 1.54) is 25.3 Å². The summed E-state index contributed by atoms with van der Waals surface area (Å²) in [5.41, 5.74) is -0.279. The van der Waals surface area contributed by atoms with Gasteiger partial charge in [-0.15, -0.1) is 0 Å². The van der Waals surface area contributed by atoms with Gasteiger partial charge in [0.25, 0.3) is 0 Å². The van der Waals surface area contributed by atoms with Gasteiger partial charge in [0.15, 0.2) is 0 Å². The van der Waals surface area contributed by atoms with Crippen LogP contribution in [-0.2, 0) is 15.7 Å². The first-order chi connectivity index (χ1) is 9.25. The first-order valence-electron chi connectivity index (χ1n) is 5.61. The Kier molecular flexibility index (Phi) is 5.44. The van der Waals surface area contributed by atoms with Gasteiger partial charge in [-0.25, -0.2) is 4.79 Å². The van der Waals surface area contributed by atoms with E-state index >= 15 is 0 Å². The molecule has 110 valence electrons. The lowest BCUT2D eigenvalue weighted by atomic mass is 10.2. The van der Waals surface area contributed by atoms with E-state index in [2.05, 4.69) is 10.1 Å². The van der Waals surface area contributed by atoms with Crippen molar-refractivity contribution in [2.24, 2.45) is 0 Å².